The predicted molar refractivity (Wildman–Crippen MR) is 265 cm³/mol. The zero-order valence-electron chi connectivity index (χ0n) is 36.0. The van der Waals surface area contributed by atoms with Crippen LogP contribution in [-0.4, -0.2) is 29.5 Å². The Morgan fingerprint density at radius 1 is 0.486 bits per heavy atom. The van der Waals surface area contributed by atoms with E-state index >= 15 is 0 Å². The van der Waals surface area contributed by atoms with Gasteiger partial charge in [-0.05, 0) is 131 Å². The number of alkyl halides is 6. The average Bonchev–Trinajstić information content (AvgIpc) is 4.00. The van der Waals surface area contributed by atoms with Crippen LogP contribution in [0.15, 0.2) is 187 Å². The maximum absolute atomic E-state index is 13.3. The summed E-state index contributed by atoms with van der Waals surface area (Å²) < 4.78 is 78.6. The van der Waals surface area contributed by atoms with Gasteiger partial charge in [0.25, 0.3) is 5.56 Å². The van der Waals surface area contributed by atoms with Gasteiger partial charge in [-0.25, -0.2) is 15.0 Å². The molecule has 0 unspecified atom stereocenters. The maximum atomic E-state index is 13.3. The molecule has 0 amide bonds. The molecule has 0 spiro atoms. The molecule has 0 aliphatic heterocycles. The van der Waals surface area contributed by atoms with Crippen molar-refractivity contribution in [3.63, 3.8) is 0 Å². The molecule has 0 bridgehead atoms. The molecular formula is C54H33Cl2F6N7O. The molecule has 11 aromatic rings. The van der Waals surface area contributed by atoms with Gasteiger partial charge in [0, 0.05) is 22.5 Å². The van der Waals surface area contributed by atoms with Crippen molar-refractivity contribution in [1.82, 2.24) is 29.5 Å². The van der Waals surface area contributed by atoms with Crippen LogP contribution in [0.5, 0.6) is 0 Å². The summed E-state index contributed by atoms with van der Waals surface area (Å²) >= 11 is 12.9. The average molecular weight is 981 g/mol. The van der Waals surface area contributed by atoms with Gasteiger partial charge in [0.15, 0.2) is 0 Å². The minimum Gasteiger partial charge on any atom is -0.355 e. The number of halogens is 8. The minimum atomic E-state index is -4.40. The van der Waals surface area contributed by atoms with E-state index in [1.165, 1.54) is 35.2 Å². The van der Waals surface area contributed by atoms with E-state index in [1.807, 2.05) is 84.9 Å². The second-order valence-electron chi connectivity index (χ2n) is 16.1. The number of nitrogens with one attached hydrogen (secondary N) is 3. The fourth-order valence-corrected chi connectivity index (χ4v) is 8.34. The first-order chi connectivity index (χ1) is 33.6. The lowest BCUT2D eigenvalue weighted by molar-refractivity contribution is -0.138. The van der Waals surface area contributed by atoms with E-state index in [2.05, 4.69) is 30.2 Å². The number of imidazole rings is 2. The number of nitrogens with zero attached hydrogens (tertiary/aromatic N) is 4. The quantitative estimate of drug-likeness (QED) is 0.138. The van der Waals surface area contributed by atoms with Gasteiger partial charge in [0.05, 0.1) is 59.8 Å². The van der Waals surface area contributed by atoms with E-state index in [4.69, 9.17) is 23.2 Å². The number of hydrogen-bond donors (Lipinski definition) is 3. The van der Waals surface area contributed by atoms with Crippen LogP contribution in [0.25, 0.3) is 83.7 Å². The molecule has 70 heavy (non-hydrogen) atoms. The van der Waals surface area contributed by atoms with E-state index in [1.54, 1.807) is 42.5 Å². The molecule has 0 aliphatic rings. The molecule has 11 rings (SSSR count). The van der Waals surface area contributed by atoms with Crippen molar-refractivity contribution in [3.8, 4) is 50.7 Å². The number of para-hydroxylation sites is 4. The van der Waals surface area contributed by atoms with Gasteiger partial charge in [-0.3, -0.25) is 9.36 Å². The van der Waals surface area contributed by atoms with Crippen LogP contribution < -0.4 is 10.9 Å². The van der Waals surface area contributed by atoms with Crippen molar-refractivity contribution in [2.24, 2.45) is 0 Å². The van der Waals surface area contributed by atoms with Crippen LogP contribution in [0.3, 0.4) is 0 Å². The molecule has 0 radical (unpaired) electrons. The normalized spacial score (nSPS) is 11.8. The highest BCUT2D eigenvalue weighted by Gasteiger charge is 2.31. The number of H-pyrrole nitrogens is 2. The number of hydrogen-bond acceptors (Lipinski definition) is 5. The zero-order chi connectivity index (χ0) is 48.7. The Morgan fingerprint density at radius 3 is 1.57 bits per heavy atom. The number of anilines is 2. The van der Waals surface area contributed by atoms with Gasteiger partial charge >= 0.3 is 12.4 Å². The fourth-order valence-electron chi connectivity index (χ4n) is 7.92. The van der Waals surface area contributed by atoms with Crippen molar-refractivity contribution in [2.75, 3.05) is 5.32 Å². The number of aromatic amines is 2. The number of aromatic nitrogens is 6. The smallest absolute Gasteiger partial charge is 0.355 e. The summed E-state index contributed by atoms with van der Waals surface area (Å²) in [5, 5.41) is 4.76. The summed E-state index contributed by atoms with van der Waals surface area (Å²) in [5.74, 6) is 1.25. The van der Waals surface area contributed by atoms with Crippen molar-refractivity contribution in [2.45, 2.75) is 12.4 Å². The van der Waals surface area contributed by atoms with Crippen LogP contribution in [0.1, 0.15) is 11.1 Å². The lowest BCUT2D eigenvalue weighted by Gasteiger charge is -2.11. The minimum absolute atomic E-state index is 0.290. The third kappa shape index (κ3) is 9.46. The van der Waals surface area contributed by atoms with E-state index in [0.29, 0.717) is 60.5 Å². The standard InChI is InChI=1S/C28H16ClF3N4O.C26H17ClF3N3/c29-22-12-10-19(14-21(22)26-34-23-3-1-2-4-24(23)35-26)36-15-33-25-13-17(7-11-20(25)27(36)37)16-5-8-18(9-6-16)28(30,31)32;27-22-13-12-20(15-21(22)25-32-23-6-1-2-7-24(23)33-25)31-19-5-3-4-17(14-19)16-8-10-18(11-9-16)26(28,29)30/h1-15H,(H,34,35);1-15,31H,(H,32,33). The molecule has 0 saturated carbocycles. The Kier molecular flexibility index (Phi) is 12.0. The highest BCUT2D eigenvalue weighted by molar-refractivity contribution is 6.33. The van der Waals surface area contributed by atoms with Crippen LogP contribution >= 0.6 is 23.2 Å². The summed E-state index contributed by atoms with van der Waals surface area (Å²) in [6, 6.07) is 48.6. The van der Waals surface area contributed by atoms with Gasteiger partial charge in [-0.1, -0.05) is 89.9 Å². The highest BCUT2D eigenvalue weighted by Crippen LogP contribution is 2.36. The van der Waals surface area contributed by atoms with Gasteiger partial charge in [0.2, 0.25) is 0 Å². The van der Waals surface area contributed by atoms with Gasteiger partial charge < -0.3 is 15.3 Å². The Morgan fingerprint density at radius 2 is 1.00 bits per heavy atom. The molecule has 16 heteroatoms. The highest BCUT2D eigenvalue weighted by atomic mass is 35.5. The number of benzene rings is 8. The monoisotopic (exact) mass is 979 g/mol. The first kappa shape index (κ1) is 45.6. The Balaban J connectivity index is 0.000000163. The molecule has 3 N–H and O–H groups in total. The molecular weight excluding hydrogens is 948 g/mol. The van der Waals surface area contributed by atoms with Crippen molar-refractivity contribution in [1.29, 1.82) is 0 Å². The van der Waals surface area contributed by atoms with E-state index < -0.39 is 23.5 Å². The molecule has 0 fully saturated rings. The molecule has 3 heterocycles. The summed E-state index contributed by atoms with van der Waals surface area (Å²) in [6.07, 6.45) is -7.33. The lowest BCUT2D eigenvalue weighted by Crippen LogP contribution is -2.18. The van der Waals surface area contributed by atoms with E-state index in [9.17, 15) is 31.1 Å². The topological polar surface area (TPSA) is 104 Å². The zero-order valence-corrected chi connectivity index (χ0v) is 37.6. The maximum Gasteiger partial charge on any atom is 0.416 e. The predicted octanol–water partition coefficient (Wildman–Crippen LogP) is 15.6. The second kappa shape index (κ2) is 18.4. The first-order valence-corrected chi connectivity index (χ1v) is 22.1. The lowest BCUT2D eigenvalue weighted by atomic mass is 10.0. The summed E-state index contributed by atoms with van der Waals surface area (Å²) in [4.78, 5) is 33.6. The molecule has 8 nitrogen and oxygen atoms in total. The van der Waals surface area contributed by atoms with Crippen LogP contribution in [0, 0.1) is 0 Å². The molecule has 0 saturated heterocycles. The third-order valence-corrected chi connectivity index (χ3v) is 12.1. The molecule has 8 aromatic carbocycles. The third-order valence-electron chi connectivity index (χ3n) is 11.5. The van der Waals surface area contributed by atoms with Crippen LogP contribution in [-0.2, 0) is 12.4 Å². The van der Waals surface area contributed by atoms with Gasteiger partial charge in [0.1, 0.15) is 18.0 Å². The van der Waals surface area contributed by atoms with Crippen LogP contribution in [0.4, 0.5) is 37.7 Å². The summed E-state index contributed by atoms with van der Waals surface area (Å²) in [7, 11) is 0. The van der Waals surface area contributed by atoms with Crippen molar-refractivity contribution >= 4 is 67.5 Å². The van der Waals surface area contributed by atoms with Crippen LogP contribution in [0.2, 0.25) is 10.0 Å². The fraction of sp³-hybridized carbons (Fsp3) is 0.0370. The second-order valence-corrected chi connectivity index (χ2v) is 16.9. The van der Waals surface area contributed by atoms with E-state index in [0.717, 1.165) is 68.8 Å². The molecule has 346 valence electrons. The molecule has 3 aromatic heterocycles. The Labute approximate surface area is 403 Å². The largest absolute Gasteiger partial charge is 0.416 e. The van der Waals surface area contributed by atoms with E-state index in [-0.39, 0.29) is 5.56 Å². The Hall–Kier alpha value is -8.20. The number of fused-ring (bicyclic) bond motifs is 3. The summed E-state index contributed by atoms with van der Waals surface area (Å²) in [6.45, 7) is 0. The van der Waals surface area contributed by atoms with Crippen molar-refractivity contribution < 1.29 is 26.3 Å². The molecule has 0 atom stereocenters. The van der Waals surface area contributed by atoms with Gasteiger partial charge in [-0.2, -0.15) is 26.3 Å². The molecule has 0 aliphatic carbocycles. The first-order valence-electron chi connectivity index (χ1n) is 21.4. The summed E-state index contributed by atoms with van der Waals surface area (Å²) in [5.41, 5.74) is 8.52. The SMILES string of the molecule is FC(F)(F)c1ccc(-c2cccc(Nc3ccc(Cl)c(-c4nc5ccccc5[nH]4)c3)c2)cc1.O=c1c2ccc(-c3ccc(C(F)(F)F)cc3)cc2ncn1-c1ccc(Cl)c(-c2nc3ccccc3[nH]2)c1. The number of rotatable bonds is 7. The Bertz CT molecular complexity index is 3720. The van der Waals surface area contributed by atoms with Gasteiger partial charge in [-0.15, -0.1) is 0 Å². The van der Waals surface area contributed by atoms with Crippen molar-refractivity contribution in [3.05, 3.63) is 214 Å².